The van der Waals surface area contributed by atoms with Gasteiger partial charge in [-0.15, -0.1) is 0 Å². The molecule has 3 rings (SSSR count). The van der Waals surface area contributed by atoms with E-state index in [1.165, 1.54) is 42.5 Å². The number of amides is 1. The average molecular weight is 493 g/mol. The Morgan fingerprint density at radius 2 is 1.69 bits per heavy atom. The van der Waals surface area contributed by atoms with Gasteiger partial charge in [0, 0.05) is 10.7 Å². The number of halogens is 2. The molecule has 0 fully saturated rings. The van der Waals surface area contributed by atoms with E-state index in [9.17, 15) is 13.2 Å². The van der Waals surface area contributed by atoms with E-state index in [0.29, 0.717) is 16.5 Å². The highest BCUT2D eigenvalue weighted by Gasteiger charge is 2.18. The molecule has 0 saturated carbocycles. The summed E-state index contributed by atoms with van der Waals surface area (Å²) in [5.41, 5.74) is 2.69. The molecule has 0 heterocycles. The third-order valence-corrected chi connectivity index (χ3v) is 6.76. The number of carbonyl (C=O) groups excluding carboxylic acids is 1. The molecule has 9 heteroatoms. The molecule has 168 valence electrons. The first-order valence-corrected chi connectivity index (χ1v) is 11.9. The van der Waals surface area contributed by atoms with Crippen molar-refractivity contribution in [1.29, 1.82) is 0 Å². The van der Waals surface area contributed by atoms with E-state index in [0.717, 1.165) is 11.1 Å². The standard InChI is InChI=1S/C23H22Cl2N2O4S/c1-14-5-4-6-22(15(14)2)31-16(3)23(28)26-18-8-10-19(11-9-18)32(29,30)27-21-12-7-17(24)13-20(21)25/h4-13,16,27H,1-3H3,(H,26,28)/t16-/m1/s1. The first-order valence-electron chi connectivity index (χ1n) is 9.68. The highest BCUT2D eigenvalue weighted by atomic mass is 35.5. The van der Waals surface area contributed by atoms with E-state index >= 15 is 0 Å². The molecule has 32 heavy (non-hydrogen) atoms. The predicted octanol–water partition coefficient (Wildman–Crippen LogP) is 5.82. The number of benzene rings is 3. The molecule has 1 amide bonds. The van der Waals surface area contributed by atoms with Crippen molar-refractivity contribution in [3.63, 3.8) is 0 Å². The quantitative estimate of drug-likeness (QED) is 0.435. The number of nitrogens with one attached hydrogen (secondary N) is 2. The van der Waals surface area contributed by atoms with Crippen LogP contribution in [0, 0.1) is 13.8 Å². The Morgan fingerprint density at radius 3 is 2.34 bits per heavy atom. The first-order chi connectivity index (χ1) is 15.1. The number of carbonyl (C=O) groups is 1. The summed E-state index contributed by atoms with van der Waals surface area (Å²) in [6.07, 6.45) is -0.743. The Labute approximate surface area is 197 Å². The molecular weight excluding hydrogens is 471 g/mol. The summed E-state index contributed by atoms with van der Waals surface area (Å²) in [4.78, 5) is 12.5. The molecule has 0 aliphatic heterocycles. The van der Waals surface area contributed by atoms with Crippen LogP contribution in [0.25, 0.3) is 0 Å². The van der Waals surface area contributed by atoms with Gasteiger partial charge in [0.1, 0.15) is 5.75 Å². The maximum Gasteiger partial charge on any atom is 0.265 e. The van der Waals surface area contributed by atoms with E-state index in [1.54, 1.807) is 6.92 Å². The number of ether oxygens (including phenoxy) is 1. The Morgan fingerprint density at radius 1 is 1.00 bits per heavy atom. The predicted molar refractivity (Wildman–Crippen MR) is 128 cm³/mol. The molecule has 0 saturated heterocycles. The monoisotopic (exact) mass is 492 g/mol. The Balaban J connectivity index is 1.67. The van der Waals surface area contributed by atoms with Crippen LogP contribution in [0.15, 0.2) is 65.6 Å². The van der Waals surface area contributed by atoms with Gasteiger partial charge < -0.3 is 10.1 Å². The number of rotatable bonds is 7. The molecule has 2 N–H and O–H groups in total. The van der Waals surface area contributed by atoms with Gasteiger partial charge in [-0.05, 0) is 80.4 Å². The molecule has 0 aromatic heterocycles. The van der Waals surface area contributed by atoms with Crippen molar-refractivity contribution in [2.45, 2.75) is 31.8 Å². The molecule has 0 unspecified atom stereocenters. The number of aryl methyl sites for hydroxylation is 1. The van der Waals surface area contributed by atoms with Crippen LogP contribution in [0.1, 0.15) is 18.1 Å². The highest BCUT2D eigenvalue weighted by Crippen LogP contribution is 2.28. The van der Waals surface area contributed by atoms with Crippen LogP contribution in [0.3, 0.4) is 0 Å². The summed E-state index contributed by atoms with van der Waals surface area (Å²) < 4.78 is 33.5. The van der Waals surface area contributed by atoms with E-state index in [1.807, 2.05) is 32.0 Å². The van der Waals surface area contributed by atoms with Gasteiger partial charge in [0.25, 0.3) is 15.9 Å². The Hall–Kier alpha value is -2.74. The SMILES string of the molecule is Cc1cccc(O[C@H](C)C(=O)Nc2ccc(S(=O)(=O)Nc3ccc(Cl)cc3Cl)cc2)c1C. The van der Waals surface area contributed by atoms with E-state index in [-0.39, 0.29) is 21.5 Å². The van der Waals surface area contributed by atoms with Gasteiger partial charge in [0.15, 0.2) is 6.10 Å². The summed E-state index contributed by atoms with van der Waals surface area (Å²) in [5, 5.41) is 3.30. The van der Waals surface area contributed by atoms with Crippen molar-refractivity contribution in [1.82, 2.24) is 0 Å². The molecule has 0 aliphatic carbocycles. The van der Waals surface area contributed by atoms with Crippen molar-refractivity contribution in [2.75, 3.05) is 10.0 Å². The van der Waals surface area contributed by atoms with Gasteiger partial charge in [0.05, 0.1) is 15.6 Å². The number of hydrogen-bond donors (Lipinski definition) is 2. The molecular formula is C23H22Cl2N2O4S. The Bertz CT molecular complexity index is 1250. The van der Waals surface area contributed by atoms with Crippen LogP contribution in [0.2, 0.25) is 10.0 Å². The van der Waals surface area contributed by atoms with Gasteiger partial charge in [-0.1, -0.05) is 35.3 Å². The zero-order valence-electron chi connectivity index (χ0n) is 17.6. The molecule has 1 atom stereocenters. The van der Waals surface area contributed by atoms with E-state index in [4.69, 9.17) is 27.9 Å². The minimum atomic E-state index is -3.87. The zero-order valence-corrected chi connectivity index (χ0v) is 20.0. The minimum Gasteiger partial charge on any atom is -0.481 e. The van der Waals surface area contributed by atoms with Crippen molar-refractivity contribution in [3.8, 4) is 5.75 Å². The summed E-state index contributed by atoms with van der Waals surface area (Å²) in [6.45, 7) is 5.55. The van der Waals surface area contributed by atoms with Gasteiger partial charge >= 0.3 is 0 Å². The van der Waals surface area contributed by atoms with Crippen LogP contribution in [-0.2, 0) is 14.8 Å². The molecule has 0 spiro atoms. The lowest BCUT2D eigenvalue weighted by Gasteiger charge is -2.17. The van der Waals surface area contributed by atoms with Crippen LogP contribution < -0.4 is 14.8 Å². The van der Waals surface area contributed by atoms with Crippen molar-refractivity contribution >= 4 is 50.5 Å². The molecule has 0 bridgehead atoms. The number of hydrogen-bond acceptors (Lipinski definition) is 4. The summed E-state index contributed by atoms with van der Waals surface area (Å²) in [6, 6.07) is 15.9. The molecule has 3 aromatic rings. The molecule has 0 aliphatic rings. The van der Waals surface area contributed by atoms with Crippen molar-refractivity contribution in [2.24, 2.45) is 0 Å². The van der Waals surface area contributed by atoms with Gasteiger partial charge in [-0.25, -0.2) is 8.42 Å². The van der Waals surface area contributed by atoms with Gasteiger partial charge in [-0.3, -0.25) is 9.52 Å². The van der Waals surface area contributed by atoms with E-state index < -0.39 is 16.1 Å². The fourth-order valence-electron chi connectivity index (χ4n) is 2.83. The lowest BCUT2D eigenvalue weighted by atomic mass is 10.1. The normalized spacial score (nSPS) is 12.2. The summed E-state index contributed by atoms with van der Waals surface area (Å²) in [5.74, 6) is 0.286. The fourth-order valence-corrected chi connectivity index (χ4v) is 4.42. The average Bonchev–Trinajstić information content (AvgIpc) is 2.74. The second-order valence-electron chi connectivity index (χ2n) is 7.20. The molecule has 6 nitrogen and oxygen atoms in total. The second kappa shape index (κ2) is 9.81. The lowest BCUT2D eigenvalue weighted by Crippen LogP contribution is -2.30. The topological polar surface area (TPSA) is 84.5 Å². The van der Waals surface area contributed by atoms with Crippen LogP contribution in [-0.4, -0.2) is 20.4 Å². The fraction of sp³-hybridized carbons (Fsp3) is 0.174. The summed E-state index contributed by atoms with van der Waals surface area (Å²) in [7, 11) is -3.87. The lowest BCUT2D eigenvalue weighted by molar-refractivity contribution is -0.122. The molecule has 3 aromatic carbocycles. The zero-order chi connectivity index (χ0) is 23.5. The largest absolute Gasteiger partial charge is 0.481 e. The maximum atomic E-state index is 12.6. The smallest absolute Gasteiger partial charge is 0.265 e. The Kier molecular flexibility index (Phi) is 7.33. The van der Waals surface area contributed by atoms with Crippen molar-refractivity contribution in [3.05, 3.63) is 81.8 Å². The van der Waals surface area contributed by atoms with Gasteiger partial charge in [0.2, 0.25) is 0 Å². The number of sulfonamides is 1. The van der Waals surface area contributed by atoms with Crippen LogP contribution in [0.5, 0.6) is 5.75 Å². The third kappa shape index (κ3) is 5.73. The van der Waals surface area contributed by atoms with Crippen LogP contribution in [0.4, 0.5) is 11.4 Å². The molecule has 0 radical (unpaired) electrons. The number of anilines is 2. The van der Waals surface area contributed by atoms with Crippen LogP contribution >= 0.6 is 23.2 Å². The van der Waals surface area contributed by atoms with E-state index in [2.05, 4.69) is 10.0 Å². The third-order valence-electron chi connectivity index (χ3n) is 4.84. The summed E-state index contributed by atoms with van der Waals surface area (Å²) >= 11 is 11.9. The first kappa shape index (κ1) is 23.9. The minimum absolute atomic E-state index is 0.0150. The van der Waals surface area contributed by atoms with Gasteiger partial charge in [-0.2, -0.15) is 0 Å². The second-order valence-corrected chi connectivity index (χ2v) is 9.73. The van der Waals surface area contributed by atoms with Crippen molar-refractivity contribution < 1.29 is 17.9 Å². The maximum absolute atomic E-state index is 12.6. The highest BCUT2D eigenvalue weighted by molar-refractivity contribution is 7.92.